The average Bonchev–Trinajstić information content (AvgIpc) is 2.85. The molecule has 1 N–H and O–H groups in total. The van der Waals surface area contributed by atoms with Gasteiger partial charge in [-0.05, 0) is 91.1 Å². The summed E-state index contributed by atoms with van der Waals surface area (Å²) in [5, 5.41) is 3.96. The summed E-state index contributed by atoms with van der Waals surface area (Å²) in [6, 6.07) is 19.5. The normalized spacial score (nSPS) is 10.9. The maximum absolute atomic E-state index is 12.3. The Morgan fingerprint density at radius 1 is 0.943 bits per heavy atom. The SMILES string of the molecule is CCOc1ccc(C(=O)Oc2ccc(/C=N/NC(=O)COc3cc(C(C)C)ccc3C)cc2)cc1. The van der Waals surface area contributed by atoms with E-state index in [2.05, 4.69) is 30.4 Å². The number of hydrazone groups is 1. The number of benzene rings is 3. The molecule has 0 saturated carbocycles. The first-order valence-electron chi connectivity index (χ1n) is 11.5. The van der Waals surface area contributed by atoms with E-state index < -0.39 is 5.97 Å². The van der Waals surface area contributed by atoms with Crippen LogP contribution in [-0.2, 0) is 4.79 Å². The number of carbonyl (C=O) groups excluding carboxylic acids is 2. The minimum absolute atomic E-state index is 0.139. The van der Waals surface area contributed by atoms with Crippen molar-refractivity contribution in [3.05, 3.63) is 89.0 Å². The van der Waals surface area contributed by atoms with Gasteiger partial charge in [-0.25, -0.2) is 10.2 Å². The Balaban J connectivity index is 1.47. The van der Waals surface area contributed by atoms with Crippen molar-refractivity contribution in [1.29, 1.82) is 0 Å². The third-order valence-electron chi connectivity index (χ3n) is 5.13. The fourth-order valence-corrected chi connectivity index (χ4v) is 3.13. The predicted molar refractivity (Wildman–Crippen MR) is 136 cm³/mol. The quantitative estimate of drug-likeness (QED) is 0.187. The summed E-state index contributed by atoms with van der Waals surface area (Å²) in [7, 11) is 0. The molecule has 0 aliphatic heterocycles. The Bertz CT molecular complexity index is 1170. The molecule has 0 bridgehead atoms. The van der Waals surface area contributed by atoms with Gasteiger partial charge in [0.1, 0.15) is 17.2 Å². The van der Waals surface area contributed by atoms with Crippen molar-refractivity contribution in [3.63, 3.8) is 0 Å². The van der Waals surface area contributed by atoms with Gasteiger partial charge < -0.3 is 14.2 Å². The molecular weight excluding hydrogens is 444 g/mol. The van der Waals surface area contributed by atoms with Crippen molar-refractivity contribution in [2.24, 2.45) is 5.10 Å². The molecule has 0 saturated heterocycles. The van der Waals surface area contributed by atoms with Crippen LogP contribution in [0.5, 0.6) is 17.2 Å². The van der Waals surface area contributed by atoms with Crippen LogP contribution in [0.2, 0.25) is 0 Å². The second kappa shape index (κ2) is 12.4. The monoisotopic (exact) mass is 474 g/mol. The molecule has 0 heterocycles. The van der Waals surface area contributed by atoms with Crippen LogP contribution in [0.1, 0.15) is 53.7 Å². The lowest BCUT2D eigenvalue weighted by atomic mass is 10.0. The van der Waals surface area contributed by atoms with Crippen LogP contribution in [0.25, 0.3) is 0 Å². The van der Waals surface area contributed by atoms with Crippen LogP contribution in [0, 0.1) is 6.92 Å². The zero-order valence-electron chi connectivity index (χ0n) is 20.4. The molecule has 0 fully saturated rings. The molecule has 0 atom stereocenters. The number of hydrogen-bond acceptors (Lipinski definition) is 6. The number of amides is 1. The molecule has 35 heavy (non-hydrogen) atoms. The number of nitrogens with zero attached hydrogens (tertiary/aromatic N) is 1. The number of aryl methyl sites for hydroxylation is 1. The van der Waals surface area contributed by atoms with Gasteiger partial charge >= 0.3 is 5.97 Å². The maximum atomic E-state index is 12.3. The lowest BCUT2D eigenvalue weighted by Gasteiger charge is -2.12. The van der Waals surface area contributed by atoms with E-state index in [1.165, 1.54) is 6.21 Å². The summed E-state index contributed by atoms with van der Waals surface area (Å²) >= 11 is 0. The van der Waals surface area contributed by atoms with Gasteiger partial charge in [0.2, 0.25) is 0 Å². The smallest absolute Gasteiger partial charge is 0.343 e. The van der Waals surface area contributed by atoms with Gasteiger partial charge in [0, 0.05) is 0 Å². The first-order chi connectivity index (χ1) is 16.9. The first-order valence-corrected chi connectivity index (χ1v) is 11.5. The number of rotatable bonds is 10. The Hall–Kier alpha value is -4.13. The molecule has 1 amide bonds. The van der Waals surface area contributed by atoms with E-state index in [1.807, 2.05) is 26.0 Å². The summed E-state index contributed by atoms with van der Waals surface area (Å²) < 4.78 is 16.4. The fourth-order valence-electron chi connectivity index (χ4n) is 3.13. The summed E-state index contributed by atoms with van der Waals surface area (Å²) in [6.45, 7) is 8.47. The van der Waals surface area contributed by atoms with Gasteiger partial charge in [-0.3, -0.25) is 4.79 Å². The zero-order chi connectivity index (χ0) is 25.2. The summed E-state index contributed by atoms with van der Waals surface area (Å²) in [5.74, 6) is 1.33. The highest BCUT2D eigenvalue weighted by atomic mass is 16.5. The van der Waals surface area contributed by atoms with Crippen molar-refractivity contribution in [1.82, 2.24) is 5.43 Å². The standard InChI is InChI=1S/C28H30N2O5/c1-5-33-24-14-10-22(11-15-24)28(32)35-25-12-7-21(8-13-25)17-29-30-27(31)18-34-26-16-23(19(2)3)9-6-20(26)4/h6-17,19H,5,18H2,1-4H3,(H,30,31)/b29-17+. The highest BCUT2D eigenvalue weighted by Crippen LogP contribution is 2.24. The van der Waals surface area contributed by atoms with E-state index in [4.69, 9.17) is 14.2 Å². The molecule has 182 valence electrons. The van der Waals surface area contributed by atoms with Gasteiger partial charge in [-0.15, -0.1) is 0 Å². The van der Waals surface area contributed by atoms with E-state index in [0.29, 0.717) is 35.3 Å². The highest BCUT2D eigenvalue weighted by molar-refractivity contribution is 5.91. The number of ether oxygens (including phenoxy) is 3. The summed E-state index contributed by atoms with van der Waals surface area (Å²) in [5.41, 5.74) is 5.72. The topological polar surface area (TPSA) is 86.2 Å². The molecule has 0 aromatic heterocycles. The van der Waals surface area contributed by atoms with Crippen molar-refractivity contribution in [3.8, 4) is 17.2 Å². The lowest BCUT2D eigenvalue weighted by molar-refractivity contribution is -0.123. The minimum atomic E-state index is -0.462. The van der Waals surface area contributed by atoms with Crippen molar-refractivity contribution in [2.75, 3.05) is 13.2 Å². The van der Waals surface area contributed by atoms with Crippen molar-refractivity contribution >= 4 is 18.1 Å². The average molecular weight is 475 g/mol. The molecule has 0 aliphatic carbocycles. The van der Waals surface area contributed by atoms with Crippen LogP contribution in [0.4, 0.5) is 0 Å². The van der Waals surface area contributed by atoms with Gasteiger partial charge in [0.25, 0.3) is 5.91 Å². The minimum Gasteiger partial charge on any atom is -0.494 e. The molecule has 7 nitrogen and oxygen atoms in total. The number of esters is 1. The molecule has 7 heteroatoms. The molecule has 0 spiro atoms. The second-order valence-corrected chi connectivity index (χ2v) is 8.18. The lowest BCUT2D eigenvalue weighted by Crippen LogP contribution is -2.24. The molecule has 0 radical (unpaired) electrons. The number of carbonyl (C=O) groups is 2. The van der Waals surface area contributed by atoms with E-state index >= 15 is 0 Å². The van der Waals surface area contributed by atoms with Gasteiger partial charge in [0.05, 0.1) is 18.4 Å². The number of nitrogens with one attached hydrogen (secondary N) is 1. The van der Waals surface area contributed by atoms with Crippen molar-refractivity contribution < 1.29 is 23.8 Å². The summed E-state index contributed by atoms with van der Waals surface area (Å²) in [6.07, 6.45) is 1.50. The van der Waals surface area contributed by atoms with Crippen LogP contribution in [-0.4, -0.2) is 31.3 Å². The van der Waals surface area contributed by atoms with Gasteiger partial charge in [-0.2, -0.15) is 5.10 Å². The van der Waals surface area contributed by atoms with Gasteiger partial charge in [-0.1, -0.05) is 26.0 Å². The fraction of sp³-hybridized carbons (Fsp3) is 0.250. The van der Waals surface area contributed by atoms with Crippen LogP contribution >= 0.6 is 0 Å². The Kier molecular flexibility index (Phi) is 9.01. The largest absolute Gasteiger partial charge is 0.494 e. The first kappa shape index (κ1) is 25.5. The second-order valence-electron chi connectivity index (χ2n) is 8.18. The molecule has 3 aromatic carbocycles. The van der Waals surface area contributed by atoms with E-state index in [1.54, 1.807) is 48.5 Å². The van der Waals surface area contributed by atoms with E-state index in [9.17, 15) is 9.59 Å². The van der Waals surface area contributed by atoms with Crippen LogP contribution in [0.15, 0.2) is 71.8 Å². The molecule has 3 rings (SSSR count). The molecule has 0 unspecified atom stereocenters. The van der Waals surface area contributed by atoms with Crippen LogP contribution < -0.4 is 19.6 Å². The van der Waals surface area contributed by atoms with E-state index in [0.717, 1.165) is 16.7 Å². The Morgan fingerprint density at radius 2 is 1.63 bits per heavy atom. The molecule has 3 aromatic rings. The zero-order valence-corrected chi connectivity index (χ0v) is 20.4. The highest BCUT2D eigenvalue weighted by Gasteiger charge is 2.09. The Morgan fingerprint density at radius 3 is 2.29 bits per heavy atom. The predicted octanol–water partition coefficient (Wildman–Crippen LogP) is 5.27. The number of hydrogen-bond donors (Lipinski definition) is 1. The Labute approximate surface area is 205 Å². The maximum Gasteiger partial charge on any atom is 0.343 e. The molecule has 0 aliphatic rings. The molecular formula is C28H30N2O5. The van der Waals surface area contributed by atoms with E-state index in [-0.39, 0.29) is 12.5 Å². The van der Waals surface area contributed by atoms with Crippen LogP contribution in [0.3, 0.4) is 0 Å². The van der Waals surface area contributed by atoms with Gasteiger partial charge in [0.15, 0.2) is 6.61 Å². The third kappa shape index (κ3) is 7.71. The van der Waals surface area contributed by atoms with Crippen molar-refractivity contribution in [2.45, 2.75) is 33.6 Å². The third-order valence-corrected chi connectivity index (χ3v) is 5.13. The summed E-state index contributed by atoms with van der Waals surface area (Å²) in [4.78, 5) is 24.4.